The van der Waals surface area contributed by atoms with E-state index in [2.05, 4.69) is 16.4 Å². The van der Waals surface area contributed by atoms with Crippen molar-refractivity contribution in [2.75, 3.05) is 12.3 Å². The molecule has 1 aromatic heterocycles. The van der Waals surface area contributed by atoms with E-state index in [0.717, 1.165) is 10.8 Å². The van der Waals surface area contributed by atoms with E-state index >= 15 is 0 Å². The Morgan fingerprint density at radius 1 is 1.40 bits per heavy atom. The summed E-state index contributed by atoms with van der Waals surface area (Å²) in [5, 5.41) is 4.68. The number of piperidine rings is 1. The van der Waals surface area contributed by atoms with Gasteiger partial charge in [-0.15, -0.1) is 24.2 Å². The lowest BCUT2D eigenvalue weighted by atomic mass is 10.1. The van der Waals surface area contributed by atoms with Crippen molar-refractivity contribution >= 4 is 24.2 Å². The summed E-state index contributed by atoms with van der Waals surface area (Å²) in [6, 6.07) is 6.77. The third-order valence-electron chi connectivity index (χ3n) is 2.48. The van der Waals surface area contributed by atoms with Crippen LogP contribution in [0.25, 0.3) is 0 Å². The van der Waals surface area contributed by atoms with Gasteiger partial charge in [0.1, 0.15) is 0 Å². The van der Waals surface area contributed by atoms with Crippen LogP contribution in [0.15, 0.2) is 29.4 Å². The molecule has 1 atom stereocenters. The standard InChI is InChI=1S/C11H16N2S.ClH/c1-3-7-12-10(5-1)9-14-11-6-2-4-8-13-11;/h2,4,6,8,10,12H,1,3,5,7,9H2;1H. The zero-order valence-electron chi connectivity index (χ0n) is 8.69. The molecule has 1 aliphatic heterocycles. The van der Waals surface area contributed by atoms with Crippen molar-refractivity contribution in [3.63, 3.8) is 0 Å². The first-order valence-corrected chi connectivity index (χ1v) is 6.21. The Hall–Kier alpha value is -0.250. The fraction of sp³-hybridized carbons (Fsp3) is 0.545. The first kappa shape index (κ1) is 12.8. The lowest BCUT2D eigenvalue weighted by Gasteiger charge is -2.22. The number of nitrogens with one attached hydrogen (secondary N) is 1. The maximum Gasteiger partial charge on any atom is 0.0960 e. The molecule has 1 unspecified atom stereocenters. The summed E-state index contributed by atoms with van der Waals surface area (Å²) in [5.41, 5.74) is 0. The summed E-state index contributed by atoms with van der Waals surface area (Å²) in [6.45, 7) is 1.19. The van der Waals surface area contributed by atoms with Crippen LogP contribution in [-0.4, -0.2) is 23.3 Å². The van der Waals surface area contributed by atoms with Crippen LogP contribution in [0.5, 0.6) is 0 Å². The third kappa shape index (κ3) is 4.41. The molecule has 1 aromatic rings. The van der Waals surface area contributed by atoms with Gasteiger partial charge in [0.05, 0.1) is 5.03 Å². The van der Waals surface area contributed by atoms with E-state index < -0.39 is 0 Å². The van der Waals surface area contributed by atoms with Crippen LogP contribution in [0.4, 0.5) is 0 Å². The minimum absolute atomic E-state index is 0. The first-order chi connectivity index (χ1) is 6.95. The summed E-state index contributed by atoms with van der Waals surface area (Å²) in [5.74, 6) is 1.15. The Bertz CT molecular complexity index is 263. The molecule has 0 amide bonds. The molecule has 0 bridgehead atoms. The lowest BCUT2D eigenvalue weighted by Crippen LogP contribution is -2.35. The number of aromatic nitrogens is 1. The van der Waals surface area contributed by atoms with E-state index in [1.54, 1.807) is 0 Å². The molecule has 0 aromatic carbocycles. The highest BCUT2D eigenvalue weighted by atomic mass is 35.5. The minimum Gasteiger partial charge on any atom is -0.313 e. The zero-order valence-corrected chi connectivity index (χ0v) is 10.3. The van der Waals surface area contributed by atoms with E-state index in [1.165, 1.54) is 25.8 Å². The average molecular weight is 245 g/mol. The van der Waals surface area contributed by atoms with E-state index in [0.29, 0.717) is 6.04 Å². The van der Waals surface area contributed by atoms with Gasteiger partial charge in [-0.25, -0.2) is 4.98 Å². The Morgan fingerprint density at radius 3 is 3.00 bits per heavy atom. The molecule has 15 heavy (non-hydrogen) atoms. The molecule has 1 saturated heterocycles. The quantitative estimate of drug-likeness (QED) is 0.828. The molecule has 2 nitrogen and oxygen atoms in total. The van der Waals surface area contributed by atoms with Crippen LogP contribution < -0.4 is 5.32 Å². The number of hydrogen-bond donors (Lipinski definition) is 1. The Labute approximate surface area is 102 Å². The molecule has 0 saturated carbocycles. The highest BCUT2D eigenvalue weighted by Crippen LogP contribution is 2.18. The molecule has 84 valence electrons. The molecule has 1 fully saturated rings. The van der Waals surface area contributed by atoms with Crippen molar-refractivity contribution in [1.29, 1.82) is 0 Å². The minimum atomic E-state index is 0. The number of pyridine rings is 1. The van der Waals surface area contributed by atoms with Gasteiger partial charge in [0, 0.05) is 18.0 Å². The van der Waals surface area contributed by atoms with Crippen molar-refractivity contribution in [1.82, 2.24) is 10.3 Å². The molecule has 0 aliphatic carbocycles. The zero-order chi connectivity index (χ0) is 9.64. The molecular weight excluding hydrogens is 228 g/mol. The van der Waals surface area contributed by atoms with Gasteiger partial charge in [0.15, 0.2) is 0 Å². The predicted octanol–water partition coefficient (Wildman–Crippen LogP) is 2.74. The summed E-state index contributed by atoms with van der Waals surface area (Å²) >= 11 is 1.85. The van der Waals surface area contributed by atoms with Crippen LogP contribution in [0, 0.1) is 0 Å². The smallest absolute Gasteiger partial charge is 0.0960 e. The summed E-state index contributed by atoms with van der Waals surface area (Å²) in [4.78, 5) is 4.30. The van der Waals surface area contributed by atoms with Gasteiger partial charge >= 0.3 is 0 Å². The summed E-state index contributed by atoms with van der Waals surface area (Å²) in [6.07, 6.45) is 5.89. The Morgan fingerprint density at radius 2 is 2.33 bits per heavy atom. The molecule has 0 radical (unpaired) electrons. The highest BCUT2D eigenvalue weighted by Gasteiger charge is 2.12. The number of rotatable bonds is 3. The maximum absolute atomic E-state index is 4.30. The number of thioether (sulfide) groups is 1. The van der Waals surface area contributed by atoms with Gasteiger partial charge in [0.25, 0.3) is 0 Å². The van der Waals surface area contributed by atoms with Gasteiger partial charge in [-0.05, 0) is 31.5 Å². The van der Waals surface area contributed by atoms with Crippen molar-refractivity contribution in [2.45, 2.75) is 30.3 Å². The second kappa shape index (κ2) is 7.09. The molecular formula is C11H17ClN2S. The van der Waals surface area contributed by atoms with Crippen LogP contribution >= 0.6 is 24.2 Å². The van der Waals surface area contributed by atoms with Gasteiger partial charge in [0.2, 0.25) is 0 Å². The highest BCUT2D eigenvalue weighted by molar-refractivity contribution is 7.99. The average Bonchev–Trinajstić information content (AvgIpc) is 2.29. The van der Waals surface area contributed by atoms with Crippen molar-refractivity contribution < 1.29 is 0 Å². The van der Waals surface area contributed by atoms with E-state index in [1.807, 2.05) is 30.1 Å². The second-order valence-electron chi connectivity index (χ2n) is 3.63. The molecule has 2 heterocycles. The van der Waals surface area contributed by atoms with E-state index in [-0.39, 0.29) is 12.4 Å². The van der Waals surface area contributed by atoms with Gasteiger partial charge in [-0.2, -0.15) is 0 Å². The third-order valence-corrected chi connectivity index (χ3v) is 3.59. The maximum atomic E-state index is 4.30. The predicted molar refractivity (Wildman–Crippen MR) is 67.9 cm³/mol. The van der Waals surface area contributed by atoms with Gasteiger partial charge in [-0.1, -0.05) is 12.5 Å². The van der Waals surface area contributed by atoms with Crippen LogP contribution in [0.2, 0.25) is 0 Å². The molecule has 0 spiro atoms. The monoisotopic (exact) mass is 244 g/mol. The topological polar surface area (TPSA) is 24.9 Å². The van der Waals surface area contributed by atoms with Gasteiger partial charge < -0.3 is 5.32 Å². The second-order valence-corrected chi connectivity index (χ2v) is 4.67. The molecule has 4 heteroatoms. The first-order valence-electron chi connectivity index (χ1n) is 5.22. The molecule has 1 N–H and O–H groups in total. The van der Waals surface area contributed by atoms with Crippen LogP contribution in [-0.2, 0) is 0 Å². The summed E-state index contributed by atoms with van der Waals surface area (Å²) in [7, 11) is 0. The van der Waals surface area contributed by atoms with E-state index in [4.69, 9.17) is 0 Å². The number of hydrogen-bond acceptors (Lipinski definition) is 3. The van der Waals surface area contributed by atoms with Crippen molar-refractivity contribution in [2.24, 2.45) is 0 Å². The molecule has 1 aliphatic rings. The van der Waals surface area contributed by atoms with Crippen molar-refractivity contribution in [3.05, 3.63) is 24.4 Å². The number of nitrogens with zero attached hydrogens (tertiary/aromatic N) is 1. The largest absolute Gasteiger partial charge is 0.313 e. The summed E-state index contributed by atoms with van der Waals surface area (Å²) < 4.78 is 0. The normalized spacial score (nSPS) is 20.7. The number of halogens is 1. The van der Waals surface area contributed by atoms with Crippen LogP contribution in [0.3, 0.4) is 0 Å². The fourth-order valence-electron chi connectivity index (χ4n) is 1.68. The van der Waals surface area contributed by atoms with E-state index in [9.17, 15) is 0 Å². The fourth-order valence-corrected chi connectivity index (χ4v) is 2.65. The molecule has 2 rings (SSSR count). The van der Waals surface area contributed by atoms with Crippen molar-refractivity contribution in [3.8, 4) is 0 Å². The lowest BCUT2D eigenvalue weighted by molar-refractivity contribution is 0.430. The SMILES string of the molecule is Cl.c1ccc(SCC2CCCCN2)nc1. The Kier molecular flexibility index (Phi) is 6.06. The Balaban J connectivity index is 0.00000112. The van der Waals surface area contributed by atoms with Crippen LogP contribution in [0.1, 0.15) is 19.3 Å². The van der Waals surface area contributed by atoms with Gasteiger partial charge in [-0.3, -0.25) is 0 Å².